The quantitative estimate of drug-likeness (QED) is 0.759. The fourth-order valence-corrected chi connectivity index (χ4v) is 4.12. The lowest BCUT2D eigenvalue weighted by molar-refractivity contribution is -0.145. The molecule has 1 saturated carbocycles. The molecule has 1 aromatic carbocycles. The molecule has 2 fully saturated rings. The summed E-state index contributed by atoms with van der Waals surface area (Å²) in [5.41, 5.74) is 0.583. The van der Waals surface area contributed by atoms with Crippen molar-refractivity contribution in [1.29, 1.82) is 0 Å². The highest BCUT2D eigenvalue weighted by molar-refractivity contribution is 6.23. The molecular weight excluding hydrogens is 328 g/mol. The average Bonchev–Trinajstić information content (AvgIpc) is 2.97. The standard InChI is InChI=1S/C21H28N2O3/c1-3-15(2)22(20(25)16-10-6-4-7-11-16)18-14-19(24)23(21(18)26)17-12-8-5-9-13-17/h5,8-9,12-13,15-16,18H,3-4,6-7,10-11,14H2,1-2H3. The molecule has 0 bridgehead atoms. The largest absolute Gasteiger partial charge is 0.327 e. The summed E-state index contributed by atoms with van der Waals surface area (Å²) in [4.78, 5) is 41.8. The molecule has 0 aromatic heterocycles. The lowest BCUT2D eigenvalue weighted by Gasteiger charge is -2.36. The number of nitrogens with zero attached hydrogens (tertiary/aromatic N) is 2. The van der Waals surface area contributed by atoms with Crippen molar-refractivity contribution in [2.24, 2.45) is 5.92 Å². The lowest BCUT2D eigenvalue weighted by atomic mass is 9.87. The van der Waals surface area contributed by atoms with Gasteiger partial charge in [0.2, 0.25) is 11.8 Å². The van der Waals surface area contributed by atoms with Crippen molar-refractivity contribution >= 4 is 23.4 Å². The molecule has 3 amide bonds. The van der Waals surface area contributed by atoms with Gasteiger partial charge in [-0.15, -0.1) is 0 Å². The molecule has 26 heavy (non-hydrogen) atoms. The summed E-state index contributed by atoms with van der Waals surface area (Å²) in [6.07, 6.45) is 5.94. The molecule has 2 aliphatic rings. The van der Waals surface area contributed by atoms with Crippen molar-refractivity contribution < 1.29 is 14.4 Å². The van der Waals surface area contributed by atoms with Gasteiger partial charge in [0.05, 0.1) is 12.1 Å². The Bertz CT molecular complexity index is 667. The van der Waals surface area contributed by atoms with Crippen molar-refractivity contribution in [3.63, 3.8) is 0 Å². The zero-order chi connectivity index (χ0) is 18.7. The van der Waals surface area contributed by atoms with Crippen LogP contribution in [0.15, 0.2) is 30.3 Å². The summed E-state index contributed by atoms with van der Waals surface area (Å²) in [6.45, 7) is 3.99. The number of benzene rings is 1. The third-order valence-electron chi connectivity index (χ3n) is 5.75. The number of anilines is 1. The van der Waals surface area contributed by atoms with Crippen molar-refractivity contribution in [2.45, 2.75) is 70.9 Å². The number of rotatable bonds is 5. The van der Waals surface area contributed by atoms with E-state index in [0.717, 1.165) is 32.1 Å². The fourth-order valence-electron chi connectivity index (χ4n) is 4.12. The van der Waals surface area contributed by atoms with E-state index in [1.807, 2.05) is 32.0 Å². The lowest BCUT2D eigenvalue weighted by Crippen LogP contribution is -2.52. The Labute approximate surface area is 155 Å². The van der Waals surface area contributed by atoms with E-state index in [4.69, 9.17) is 0 Å². The Morgan fingerprint density at radius 1 is 1.15 bits per heavy atom. The van der Waals surface area contributed by atoms with Gasteiger partial charge in [0.25, 0.3) is 5.91 Å². The number of imide groups is 1. The summed E-state index contributed by atoms with van der Waals surface area (Å²) in [5, 5.41) is 0. The van der Waals surface area contributed by atoms with Crippen molar-refractivity contribution in [1.82, 2.24) is 4.90 Å². The van der Waals surface area contributed by atoms with Gasteiger partial charge in [-0.3, -0.25) is 14.4 Å². The van der Waals surface area contributed by atoms with Gasteiger partial charge in [0, 0.05) is 12.0 Å². The van der Waals surface area contributed by atoms with Crippen molar-refractivity contribution in [2.75, 3.05) is 4.90 Å². The summed E-state index contributed by atoms with van der Waals surface area (Å²) in [6, 6.07) is 8.26. The summed E-state index contributed by atoms with van der Waals surface area (Å²) >= 11 is 0. The Hall–Kier alpha value is -2.17. The molecule has 1 aliphatic carbocycles. The van der Waals surface area contributed by atoms with Crippen molar-refractivity contribution in [3.05, 3.63) is 30.3 Å². The van der Waals surface area contributed by atoms with Crippen LogP contribution < -0.4 is 4.90 Å². The number of carbonyl (C=O) groups is 3. The van der Waals surface area contributed by atoms with E-state index in [9.17, 15) is 14.4 Å². The van der Waals surface area contributed by atoms with E-state index in [-0.39, 0.29) is 36.1 Å². The van der Waals surface area contributed by atoms with Crippen LogP contribution in [-0.4, -0.2) is 34.7 Å². The second kappa shape index (κ2) is 8.02. The Balaban J connectivity index is 1.86. The molecule has 140 valence electrons. The topological polar surface area (TPSA) is 57.7 Å². The highest BCUT2D eigenvalue weighted by Gasteiger charge is 2.46. The Kier molecular flexibility index (Phi) is 5.74. The normalized spacial score (nSPS) is 22.5. The summed E-state index contributed by atoms with van der Waals surface area (Å²) in [7, 11) is 0. The maximum Gasteiger partial charge on any atom is 0.257 e. The van der Waals surface area contributed by atoms with Crippen LogP contribution in [0.5, 0.6) is 0 Å². The maximum atomic E-state index is 13.2. The third-order valence-corrected chi connectivity index (χ3v) is 5.75. The van der Waals surface area contributed by atoms with Crippen LogP contribution in [0.1, 0.15) is 58.8 Å². The highest BCUT2D eigenvalue weighted by atomic mass is 16.2. The van der Waals surface area contributed by atoms with Gasteiger partial charge >= 0.3 is 0 Å². The molecule has 5 heteroatoms. The summed E-state index contributed by atoms with van der Waals surface area (Å²) in [5.74, 6) is -0.451. The first-order chi connectivity index (χ1) is 12.5. The maximum absolute atomic E-state index is 13.2. The van der Waals surface area contributed by atoms with Crippen LogP contribution in [0.25, 0.3) is 0 Å². The molecule has 1 heterocycles. The molecule has 2 unspecified atom stereocenters. The molecule has 5 nitrogen and oxygen atoms in total. The number of carbonyl (C=O) groups excluding carboxylic acids is 3. The Morgan fingerprint density at radius 2 is 1.81 bits per heavy atom. The van der Waals surface area contributed by atoms with Gasteiger partial charge in [-0.25, -0.2) is 4.90 Å². The van der Waals surface area contributed by atoms with Crippen LogP contribution in [0.3, 0.4) is 0 Å². The molecule has 1 saturated heterocycles. The molecule has 0 spiro atoms. The first kappa shape index (κ1) is 18.6. The minimum Gasteiger partial charge on any atom is -0.327 e. The Morgan fingerprint density at radius 3 is 2.42 bits per heavy atom. The third kappa shape index (κ3) is 3.53. The van der Waals surface area contributed by atoms with E-state index in [2.05, 4.69) is 0 Å². The predicted octanol–water partition coefficient (Wildman–Crippen LogP) is 3.53. The van der Waals surface area contributed by atoms with Crippen LogP contribution >= 0.6 is 0 Å². The SMILES string of the molecule is CCC(C)N(C(=O)C1CCCCC1)C1CC(=O)N(c2ccccc2)C1=O. The number of hydrogen-bond acceptors (Lipinski definition) is 3. The summed E-state index contributed by atoms with van der Waals surface area (Å²) < 4.78 is 0. The van der Waals surface area contributed by atoms with E-state index in [1.54, 1.807) is 17.0 Å². The van der Waals surface area contributed by atoms with Gasteiger partial charge < -0.3 is 4.90 Å². The van der Waals surface area contributed by atoms with E-state index in [0.29, 0.717) is 5.69 Å². The average molecular weight is 356 g/mol. The zero-order valence-corrected chi connectivity index (χ0v) is 15.7. The van der Waals surface area contributed by atoms with Gasteiger partial charge in [-0.05, 0) is 38.3 Å². The minimum absolute atomic E-state index is 0.00794. The molecule has 1 aromatic rings. The van der Waals surface area contributed by atoms with Crippen LogP contribution in [0, 0.1) is 5.92 Å². The molecule has 2 atom stereocenters. The van der Waals surface area contributed by atoms with Crippen molar-refractivity contribution in [3.8, 4) is 0 Å². The van der Waals surface area contributed by atoms with Crippen LogP contribution in [0.2, 0.25) is 0 Å². The van der Waals surface area contributed by atoms with Crippen LogP contribution in [-0.2, 0) is 14.4 Å². The number of para-hydroxylation sites is 1. The molecule has 0 N–H and O–H groups in total. The minimum atomic E-state index is -0.674. The smallest absolute Gasteiger partial charge is 0.257 e. The molecule has 1 aliphatic heterocycles. The van der Waals surface area contributed by atoms with Gasteiger partial charge in [0.1, 0.15) is 6.04 Å². The van der Waals surface area contributed by atoms with Gasteiger partial charge in [-0.2, -0.15) is 0 Å². The second-order valence-corrected chi connectivity index (χ2v) is 7.46. The number of amides is 3. The van der Waals surface area contributed by atoms with Gasteiger partial charge in [-0.1, -0.05) is 44.4 Å². The first-order valence-corrected chi connectivity index (χ1v) is 9.78. The molecule has 3 rings (SSSR count). The van der Waals surface area contributed by atoms with E-state index < -0.39 is 6.04 Å². The second-order valence-electron chi connectivity index (χ2n) is 7.46. The zero-order valence-electron chi connectivity index (χ0n) is 15.7. The van der Waals surface area contributed by atoms with Crippen LogP contribution in [0.4, 0.5) is 5.69 Å². The highest BCUT2D eigenvalue weighted by Crippen LogP contribution is 2.31. The van der Waals surface area contributed by atoms with E-state index in [1.165, 1.54) is 11.3 Å². The predicted molar refractivity (Wildman–Crippen MR) is 101 cm³/mol. The van der Waals surface area contributed by atoms with E-state index >= 15 is 0 Å². The first-order valence-electron chi connectivity index (χ1n) is 9.78. The monoisotopic (exact) mass is 356 g/mol. The fraction of sp³-hybridized carbons (Fsp3) is 0.571. The molecular formula is C21H28N2O3. The number of hydrogen-bond donors (Lipinski definition) is 0. The molecule has 0 radical (unpaired) electrons. The van der Waals surface area contributed by atoms with Gasteiger partial charge in [0.15, 0.2) is 0 Å².